The molecule has 2 aromatic carbocycles. The van der Waals surface area contributed by atoms with Crippen molar-refractivity contribution in [2.24, 2.45) is 0 Å². The fourth-order valence-electron chi connectivity index (χ4n) is 2.30. The first kappa shape index (κ1) is 14.0. The number of hydrogen-bond donors (Lipinski definition) is 0. The molecule has 5 nitrogen and oxygen atoms in total. The van der Waals surface area contributed by atoms with Crippen molar-refractivity contribution in [3.05, 3.63) is 74.8 Å². The summed E-state index contributed by atoms with van der Waals surface area (Å²) in [5.74, 6) is -0.435. The minimum Gasteiger partial charge on any atom is -0.462 e. The van der Waals surface area contributed by atoms with E-state index in [1.807, 2.05) is 0 Å². The van der Waals surface area contributed by atoms with Gasteiger partial charge in [-0.1, -0.05) is 0 Å². The van der Waals surface area contributed by atoms with Crippen LogP contribution in [0.15, 0.2) is 58.1 Å². The zero-order valence-corrected chi connectivity index (χ0v) is 11.9. The van der Waals surface area contributed by atoms with Crippen LogP contribution >= 0.6 is 0 Å². The number of fused-ring (bicyclic) bond motifs is 4. The van der Waals surface area contributed by atoms with E-state index in [1.165, 1.54) is 12.1 Å². The average Bonchev–Trinajstić information content (AvgIpc) is 2.73. The van der Waals surface area contributed by atoms with Crippen LogP contribution in [0.25, 0.3) is 16.5 Å². The minimum absolute atomic E-state index is 0.289. The van der Waals surface area contributed by atoms with Crippen LogP contribution in [0.5, 0.6) is 0 Å². The van der Waals surface area contributed by atoms with Gasteiger partial charge in [-0.05, 0) is 55.5 Å². The number of carbonyl (C=O) groups excluding carboxylic acids is 1. The summed E-state index contributed by atoms with van der Waals surface area (Å²) >= 11 is 0. The van der Waals surface area contributed by atoms with E-state index >= 15 is 0 Å². The van der Waals surface area contributed by atoms with Crippen molar-refractivity contribution in [3.63, 3.8) is 0 Å². The fraction of sp³-hybridized carbons (Fsp3) is 0.118. The molecule has 2 aromatic heterocycles. The molecule has 110 valence electrons. The van der Waals surface area contributed by atoms with Crippen molar-refractivity contribution in [1.82, 2.24) is 4.57 Å². The first-order chi connectivity index (χ1) is 10.6. The van der Waals surface area contributed by atoms with Gasteiger partial charge in [0, 0.05) is 10.8 Å². The molecule has 0 spiro atoms. The molecule has 0 unspecified atom stereocenters. The Morgan fingerprint density at radius 1 is 0.909 bits per heavy atom. The predicted molar refractivity (Wildman–Crippen MR) is 83.0 cm³/mol. The Morgan fingerprint density at radius 2 is 1.41 bits per heavy atom. The normalized spacial score (nSPS) is 10.8. The first-order valence-electron chi connectivity index (χ1n) is 6.88. The Kier molecular flexibility index (Phi) is 3.47. The number of hydrogen-bond acceptors (Lipinski definition) is 4. The SMILES string of the molecule is CCOC(=O)c1ccc(-n2c(=O)c3ccc(cc3)c2=O)cc1. The van der Waals surface area contributed by atoms with E-state index in [-0.39, 0.29) is 17.7 Å². The fourth-order valence-corrected chi connectivity index (χ4v) is 2.30. The maximum absolute atomic E-state index is 12.4. The maximum atomic E-state index is 12.4. The van der Waals surface area contributed by atoms with Gasteiger partial charge in [-0.2, -0.15) is 0 Å². The number of nitrogens with zero attached hydrogens (tertiary/aromatic N) is 1. The van der Waals surface area contributed by atoms with E-state index < -0.39 is 5.97 Å². The van der Waals surface area contributed by atoms with Gasteiger partial charge < -0.3 is 4.74 Å². The van der Waals surface area contributed by atoms with Gasteiger partial charge in [0.25, 0.3) is 11.1 Å². The molecule has 2 heterocycles. The molecule has 0 atom stereocenters. The van der Waals surface area contributed by atoms with E-state index in [2.05, 4.69) is 0 Å². The summed E-state index contributed by atoms with van der Waals surface area (Å²) in [5, 5.41) is 0.896. The quantitative estimate of drug-likeness (QED) is 0.693. The molecular formula is C17H13NO4. The standard InChI is InChI=1S/C17H13NO4/c1-2-22-17(21)13-7-9-14(10-8-13)18-15(19)11-3-4-12(6-5-11)16(18)20/h3-10H,2H2,1H3. The zero-order chi connectivity index (χ0) is 15.7. The van der Waals surface area contributed by atoms with Crippen molar-refractivity contribution in [2.75, 3.05) is 6.61 Å². The van der Waals surface area contributed by atoms with Gasteiger partial charge in [-0.15, -0.1) is 0 Å². The maximum Gasteiger partial charge on any atom is 0.338 e. The predicted octanol–water partition coefficient (Wildman–Crippen LogP) is 1.97. The Hall–Kier alpha value is -2.95. The molecule has 2 bridgehead atoms. The van der Waals surface area contributed by atoms with Crippen LogP contribution in [0.4, 0.5) is 0 Å². The highest BCUT2D eigenvalue weighted by atomic mass is 16.5. The van der Waals surface area contributed by atoms with E-state index in [0.717, 1.165) is 4.57 Å². The van der Waals surface area contributed by atoms with Crippen molar-refractivity contribution in [1.29, 1.82) is 0 Å². The Balaban J connectivity index is 2.15. The van der Waals surface area contributed by atoms with Gasteiger partial charge in [-0.25, -0.2) is 9.36 Å². The highest BCUT2D eigenvalue weighted by Crippen LogP contribution is 2.10. The Bertz CT molecular complexity index is 874. The van der Waals surface area contributed by atoms with Gasteiger partial charge in [0.2, 0.25) is 0 Å². The second kappa shape index (κ2) is 5.44. The summed E-state index contributed by atoms with van der Waals surface area (Å²) in [4.78, 5) is 36.4. The van der Waals surface area contributed by atoms with Crippen molar-refractivity contribution >= 4 is 16.7 Å². The molecule has 0 amide bonds. The van der Waals surface area contributed by atoms with E-state index in [1.54, 1.807) is 43.3 Å². The van der Waals surface area contributed by atoms with Crippen LogP contribution in [0.3, 0.4) is 0 Å². The third kappa shape index (κ3) is 2.26. The van der Waals surface area contributed by atoms with Gasteiger partial charge in [-0.3, -0.25) is 9.59 Å². The molecule has 0 saturated carbocycles. The number of aromatic nitrogens is 1. The molecule has 0 aliphatic carbocycles. The van der Waals surface area contributed by atoms with Crippen molar-refractivity contribution < 1.29 is 9.53 Å². The topological polar surface area (TPSA) is 65.4 Å². The number of ether oxygens (including phenoxy) is 1. The number of rotatable bonds is 3. The van der Waals surface area contributed by atoms with Crippen LogP contribution in [0, 0.1) is 0 Å². The van der Waals surface area contributed by atoms with Crippen LogP contribution in [-0.2, 0) is 4.74 Å². The van der Waals surface area contributed by atoms with Gasteiger partial charge in [0.15, 0.2) is 0 Å². The second-order valence-electron chi connectivity index (χ2n) is 4.79. The lowest BCUT2D eigenvalue weighted by atomic mass is 10.2. The highest BCUT2D eigenvalue weighted by molar-refractivity contribution is 5.89. The average molecular weight is 295 g/mol. The molecule has 0 aliphatic rings. The number of benzene rings is 2. The first-order valence-corrected chi connectivity index (χ1v) is 6.88. The lowest BCUT2D eigenvalue weighted by Gasteiger charge is -2.04. The second-order valence-corrected chi connectivity index (χ2v) is 4.79. The molecule has 22 heavy (non-hydrogen) atoms. The molecule has 0 aliphatic heterocycles. The molecule has 0 radical (unpaired) electrons. The van der Waals surface area contributed by atoms with E-state index in [9.17, 15) is 14.4 Å². The highest BCUT2D eigenvalue weighted by Gasteiger charge is 2.10. The third-order valence-corrected chi connectivity index (χ3v) is 3.42. The lowest BCUT2D eigenvalue weighted by Crippen LogP contribution is -2.27. The number of esters is 1. The molecule has 0 saturated heterocycles. The Labute approximate surface area is 125 Å². The third-order valence-electron chi connectivity index (χ3n) is 3.42. The van der Waals surface area contributed by atoms with E-state index in [4.69, 9.17) is 4.74 Å². The molecule has 4 aromatic rings. The van der Waals surface area contributed by atoms with Crippen molar-refractivity contribution in [3.8, 4) is 5.69 Å². The minimum atomic E-state index is -0.435. The molecule has 4 rings (SSSR count). The molecule has 0 fully saturated rings. The smallest absolute Gasteiger partial charge is 0.338 e. The van der Waals surface area contributed by atoms with Crippen LogP contribution in [-0.4, -0.2) is 17.1 Å². The summed E-state index contributed by atoms with van der Waals surface area (Å²) in [6.07, 6.45) is 0. The molecule has 0 N–H and O–H groups in total. The van der Waals surface area contributed by atoms with Gasteiger partial charge in [0.1, 0.15) is 0 Å². The monoisotopic (exact) mass is 295 g/mol. The van der Waals surface area contributed by atoms with Crippen LogP contribution < -0.4 is 11.1 Å². The summed E-state index contributed by atoms with van der Waals surface area (Å²) in [6.45, 7) is 2.02. The van der Waals surface area contributed by atoms with Gasteiger partial charge in [0.05, 0.1) is 17.9 Å². The van der Waals surface area contributed by atoms with Crippen LogP contribution in [0.1, 0.15) is 17.3 Å². The van der Waals surface area contributed by atoms with Crippen molar-refractivity contribution in [2.45, 2.75) is 6.92 Å². The summed E-state index contributed by atoms with van der Waals surface area (Å²) in [5.41, 5.74) is 0.0352. The lowest BCUT2D eigenvalue weighted by molar-refractivity contribution is 0.0526. The summed E-state index contributed by atoms with van der Waals surface area (Å²) in [7, 11) is 0. The Morgan fingerprint density at radius 3 is 1.86 bits per heavy atom. The largest absolute Gasteiger partial charge is 0.462 e. The molecular weight excluding hydrogens is 282 g/mol. The zero-order valence-electron chi connectivity index (χ0n) is 11.9. The molecule has 5 heteroatoms. The number of carbonyl (C=O) groups is 1. The summed E-state index contributed by atoms with van der Waals surface area (Å²) in [6, 6.07) is 12.7. The van der Waals surface area contributed by atoms with E-state index in [0.29, 0.717) is 22.0 Å². The van der Waals surface area contributed by atoms with Gasteiger partial charge >= 0.3 is 5.97 Å². The summed E-state index contributed by atoms with van der Waals surface area (Å²) < 4.78 is 6.02. The van der Waals surface area contributed by atoms with Crippen LogP contribution in [0.2, 0.25) is 0 Å².